The second-order valence-electron chi connectivity index (χ2n) is 2.82. The van der Waals surface area contributed by atoms with Crippen molar-refractivity contribution in [3.05, 3.63) is 42.7 Å². The Morgan fingerprint density at radius 2 is 2.07 bits per heavy atom. The van der Waals surface area contributed by atoms with Crippen LogP contribution in [0.3, 0.4) is 0 Å². The van der Waals surface area contributed by atoms with E-state index in [4.69, 9.17) is 9.84 Å². The van der Waals surface area contributed by atoms with E-state index in [1.54, 1.807) is 24.3 Å². The largest absolute Gasteiger partial charge is 0.508 e. The molecular formula is C11H12O4. The minimum Gasteiger partial charge on any atom is -0.508 e. The SMILES string of the molecule is C=COC(=O)COCc1ccc(O)cc1. The number of hydrogen-bond donors (Lipinski definition) is 1. The number of aromatic hydroxyl groups is 1. The molecule has 80 valence electrons. The lowest BCUT2D eigenvalue weighted by molar-refractivity contribution is -0.143. The molecule has 4 heteroatoms. The first kappa shape index (κ1) is 11.3. The first-order valence-corrected chi connectivity index (χ1v) is 4.38. The van der Waals surface area contributed by atoms with E-state index in [-0.39, 0.29) is 12.4 Å². The molecule has 1 rings (SSSR count). The van der Waals surface area contributed by atoms with Crippen LogP contribution in [0.4, 0.5) is 0 Å². The number of phenolic OH excluding ortho intramolecular Hbond substituents is 1. The van der Waals surface area contributed by atoms with E-state index in [9.17, 15) is 4.79 Å². The van der Waals surface area contributed by atoms with Gasteiger partial charge in [0.05, 0.1) is 12.9 Å². The maximum atomic E-state index is 10.8. The average Bonchev–Trinajstić information content (AvgIpc) is 2.21. The number of carbonyl (C=O) groups excluding carboxylic acids is 1. The fraction of sp³-hybridized carbons (Fsp3) is 0.182. The predicted octanol–water partition coefficient (Wildman–Crippen LogP) is 1.60. The van der Waals surface area contributed by atoms with E-state index in [2.05, 4.69) is 11.3 Å². The van der Waals surface area contributed by atoms with Crippen LogP contribution in [0.2, 0.25) is 0 Å². The Balaban J connectivity index is 2.28. The summed E-state index contributed by atoms with van der Waals surface area (Å²) in [5.74, 6) is -0.284. The van der Waals surface area contributed by atoms with Crippen molar-refractivity contribution >= 4 is 5.97 Å². The third kappa shape index (κ3) is 4.28. The van der Waals surface area contributed by atoms with Crippen LogP contribution in [0.1, 0.15) is 5.56 Å². The summed E-state index contributed by atoms with van der Waals surface area (Å²) >= 11 is 0. The molecule has 0 aliphatic rings. The molecule has 0 radical (unpaired) electrons. The highest BCUT2D eigenvalue weighted by atomic mass is 16.6. The molecule has 1 aromatic carbocycles. The summed E-state index contributed by atoms with van der Waals surface area (Å²) in [5.41, 5.74) is 0.874. The summed E-state index contributed by atoms with van der Waals surface area (Å²) in [4.78, 5) is 10.8. The highest BCUT2D eigenvalue weighted by Crippen LogP contribution is 2.10. The first-order chi connectivity index (χ1) is 7.22. The summed E-state index contributed by atoms with van der Waals surface area (Å²) < 4.78 is 9.53. The number of rotatable bonds is 5. The quantitative estimate of drug-likeness (QED) is 0.589. The lowest BCUT2D eigenvalue weighted by Crippen LogP contribution is -2.09. The fourth-order valence-electron chi connectivity index (χ4n) is 0.971. The Morgan fingerprint density at radius 3 is 2.67 bits per heavy atom. The Labute approximate surface area is 87.7 Å². The number of ether oxygens (including phenoxy) is 2. The van der Waals surface area contributed by atoms with Crippen LogP contribution in [0.5, 0.6) is 5.75 Å². The van der Waals surface area contributed by atoms with Gasteiger partial charge in [0, 0.05) is 0 Å². The summed E-state index contributed by atoms with van der Waals surface area (Å²) in [6, 6.07) is 6.55. The van der Waals surface area contributed by atoms with Gasteiger partial charge in [0.15, 0.2) is 0 Å². The third-order valence-electron chi connectivity index (χ3n) is 1.64. The Kier molecular flexibility index (Phi) is 4.37. The van der Waals surface area contributed by atoms with Gasteiger partial charge in [0.25, 0.3) is 0 Å². The standard InChI is InChI=1S/C11H12O4/c1-2-15-11(13)8-14-7-9-3-5-10(12)6-4-9/h2-6,12H,1,7-8H2. The second kappa shape index (κ2) is 5.82. The molecule has 0 bridgehead atoms. The van der Waals surface area contributed by atoms with E-state index >= 15 is 0 Å². The zero-order valence-electron chi connectivity index (χ0n) is 8.18. The lowest BCUT2D eigenvalue weighted by Gasteiger charge is -2.03. The molecule has 0 unspecified atom stereocenters. The molecule has 0 amide bonds. The number of benzene rings is 1. The van der Waals surface area contributed by atoms with Crippen LogP contribution in [-0.2, 0) is 20.9 Å². The number of esters is 1. The molecule has 0 aliphatic carbocycles. The monoisotopic (exact) mass is 208 g/mol. The molecule has 0 atom stereocenters. The summed E-state index contributed by atoms with van der Waals surface area (Å²) in [5, 5.41) is 9.01. The number of hydrogen-bond acceptors (Lipinski definition) is 4. The third-order valence-corrected chi connectivity index (χ3v) is 1.64. The normalized spacial score (nSPS) is 9.60. The molecule has 0 aliphatic heterocycles. The van der Waals surface area contributed by atoms with Gasteiger partial charge in [-0.2, -0.15) is 0 Å². The van der Waals surface area contributed by atoms with Gasteiger partial charge in [0.1, 0.15) is 12.4 Å². The maximum absolute atomic E-state index is 10.8. The van der Waals surface area contributed by atoms with Crippen LogP contribution in [0.25, 0.3) is 0 Å². The van der Waals surface area contributed by atoms with E-state index in [1.165, 1.54) is 0 Å². The fourth-order valence-corrected chi connectivity index (χ4v) is 0.971. The number of carbonyl (C=O) groups is 1. The summed E-state index contributed by atoms with van der Waals surface area (Å²) in [7, 11) is 0. The zero-order valence-corrected chi connectivity index (χ0v) is 8.18. The first-order valence-electron chi connectivity index (χ1n) is 4.38. The molecule has 0 fully saturated rings. The molecule has 4 nitrogen and oxygen atoms in total. The molecule has 15 heavy (non-hydrogen) atoms. The Bertz CT molecular complexity index is 329. The summed E-state index contributed by atoms with van der Waals surface area (Å²) in [6.07, 6.45) is 1.06. The van der Waals surface area contributed by atoms with Crippen molar-refractivity contribution in [1.29, 1.82) is 0 Å². The van der Waals surface area contributed by atoms with Crippen molar-refractivity contribution in [3.63, 3.8) is 0 Å². The van der Waals surface area contributed by atoms with E-state index in [0.29, 0.717) is 6.61 Å². The zero-order chi connectivity index (χ0) is 11.1. The Hall–Kier alpha value is -1.81. The van der Waals surface area contributed by atoms with Gasteiger partial charge in [0.2, 0.25) is 0 Å². The molecule has 0 heterocycles. The van der Waals surface area contributed by atoms with E-state index in [1.807, 2.05) is 0 Å². The molecule has 0 saturated heterocycles. The van der Waals surface area contributed by atoms with Gasteiger partial charge in [-0.25, -0.2) is 4.79 Å². The minimum atomic E-state index is -0.483. The predicted molar refractivity (Wildman–Crippen MR) is 54.1 cm³/mol. The smallest absolute Gasteiger partial charge is 0.336 e. The van der Waals surface area contributed by atoms with Gasteiger partial charge in [-0.15, -0.1) is 0 Å². The van der Waals surface area contributed by atoms with Gasteiger partial charge < -0.3 is 14.6 Å². The van der Waals surface area contributed by atoms with Gasteiger partial charge in [-0.05, 0) is 17.7 Å². The van der Waals surface area contributed by atoms with Crippen molar-refractivity contribution < 1.29 is 19.4 Å². The topological polar surface area (TPSA) is 55.8 Å². The highest BCUT2D eigenvalue weighted by molar-refractivity contribution is 5.71. The molecule has 0 aromatic heterocycles. The highest BCUT2D eigenvalue weighted by Gasteiger charge is 2.00. The lowest BCUT2D eigenvalue weighted by atomic mass is 10.2. The van der Waals surface area contributed by atoms with E-state index in [0.717, 1.165) is 11.8 Å². The molecule has 0 spiro atoms. The second-order valence-corrected chi connectivity index (χ2v) is 2.82. The average molecular weight is 208 g/mol. The molecule has 1 N–H and O–H groups in total. The van der Waals surface area contributed by atoms with Crippen LogP contribution in [0.15, 0.2) is 37.1 Å². The van der Waals surface area contributed by atoms with Gasteiger partial charge >= 0.3 is 5.97 Å². The minimum absolute atomic E-state index is 0.118. The number of phenols is 1. The van der Waals surface area contributed by atoms with Gasteiger partial charge in [-0.1, -0.05) is 18.7 Å². The summed E-state index contributed by atoms with van der Waals surface area (Å²) in [6.45, 7) is 3.43. The van der Waals surface area contributed by atoms with Crippen molar-refractivity contribution in [3.8, 4) is 5.75 Å². The van der Waals surface area contributed by atoms with Crippen molar-refractivity contribution in [2.24, 2.45) is 0 Å². The van der Waals surface area contributed by atoms with Crippen molar-refractivity contribution in [2.75, 3.05) is 6.61 Å². The van der Waals surface area contributed by atoms with E-state index < -0.39 is 5.97 Å². The van der Waals surface area contributed by atoms with Crippen LogP contribution in [-0.4, -0.2) is 17.7 Å². The molecular weight excluding hydrogens is 196 g/mol. The van der Waals surface area contributed by atoms with Crippen LogP contribution < -0.4 is 0 Å². The Morgan fingerprint density at radius 1 is 1.40 bits per heavy atom. The van der Waals surface area contributed by atoms with Crippen LogP contribution >= 0.6 is 0 Å². The van der Waals surface area contributed by atoms with Gasteiger partial charge in [-0.3, -0.25) is 0 Å². The van der Waals surface area contributed by atoms with Crippen molar-refractivity contribution in [2.45, 2.75) is 6.61 Å². The maximum Gasteiger partial charge on any atom is 0.336 e. The molecule has 1 aromatic rings. The van der Waals surface area contributed by atoms with Crippen LogP contribution in [0, 0.1) is 0 Å². The van der Waals surface area contributed by atoms with Crippen molar-refractivity contribution in [1.82, 2.24) is 0 Å². The molecule has 0 saturated carbocycles.